The quantitative estimate of drug-likeness (QED) is 0.532. The molecule has 0 aliphatic carbocycles. The summed E-state index contributed by atoms with van der Waals surface area (Å²) in [7, 11) is 0. The van der Waals surface area contributed by atoms with E-state index >= 15 is 0 Å². The lowest BCUT2D eigenvalue weighted by molar-refractivity contribution is -0.125. The Balaban J connectivity index is 1.37. The molecular formula is C21H23N5O4. The van der Waals surface area contributed by atoms with Gasteiger partial charge in [-0.1, -0.05) is 6.92 Å². The maximum atomic E-state index is 12.0. The number of carbonyl (C=O) groups is 2. The van der Waals surface area contributed by atoms with Crippen LogP contribution in [0.3, 0.4) is 0 Å². The van der Waals surface area contributed by atoms with E-state index in [-0.39, 0.29) is 19.1 Å². The molecule has 0 fully saturated rings. The number of aromatic nitrogens is 3. The SMILES string of the molecule is CCCOc1ccc(OCC(=O)NCC(=O)Nc2ccc(-n3cncn3)cc2)cc1. The molecule has 9 heteroatoms. The first-order valence-electron chi connectivity index (χ1n) is 9.51. The summed E-state index contributed by atoms with van der Waals surface area (Å²) in [6, 6.07) is 14.1. The van der Waals surface area contributed by atoms with Crippen molar-refractivity contribution in [3.63, 3.8) is 0 Å². The van der Waals surface area contributed by atoms with Crippen LogP contribution in [-0.4, -0.2) is 46.3 Å². The summed E-state index contributed by atoms with van der Waals surface area (Å²) in [4.78, 5) is 27.8. The molecule has 9 nitrogen and oxygen atoms in total. The molecule has 2 aromatic carbocycles. The Bertz CT molecular complexity index is 941. The highest BCUT2D eigenvalue weighted by Crippen LogP contribution is 2.17. The van der Waals surface area contributed by atoms with Crippen LogP contribution in [0.5, 0.6) is 11.5 Å². The molecule has 1 aromatic heterocycles. The van der Waals surface area contributed by atoms with Crippen LogP contribution in [-0.2, 0) is 9.59 Å². The summed E-state index contributed by atoms with van der Waals surface area (Å²) in [6.45, 7) is 2.34. The normalized spacial score (nSPS) is 10.3. The van der Waals surface area contributed by atoms with Crippen LogP contribution in [0.2, 0.25) is 0 Å². The maximum absolute atomic E-state index is 12.0. The number of hydrogen-bond acceptors (Lipinski definition) is 6. The molecule has 3 aromatic rings. The Morgan fingerprint density at radius 1 is 0.967 bits per heavy atom. The number of carbonyl (C=O) groups excluding carboxylic acids is 2. The van der Waals surface area contributed by atoms with Crippen LogP contribution in [0.1, 0.15) is 13.3 Å². The molecule has 3 rings (SSSR count). The number of anilines is 1. The van der Waals surface area contributed by atoms with Crippen molar-refractivity contribution >= 4 is 17.5 Å². The Morgan fingerprint density at radius 2 is 1.67 bits per heavy atom. The number of rotatable bonds is 10. The van der Waals surface area contributed by atoms with Gasteiger partial charge in [-0.3, -0.25) is 9.59 Å². The fraction of sp³-hybridized carbons (Fsp3) is 0.238. The number of ether oxygens (including phenoxy) is 2. The summed E-state index contributed by atoms with van der Waals surface area (Å²) in [5, 5.41) is 9.27. The molecule has 30 heavy (non-hydrogen) atoms. The van der Waals surface area contributed by atoms with Crippen molar-refractivity contribution in [1.29, 1.82) is 0 Å². The molecule has 0 atom stereocenters. The van der Waals surface area contributed by atoms with E-state index in [0.29, 0.717) is 18.0 Å². The zero-order valence-corrected chi connectivity index (χ0v) is 16.6. The van der Waals surface area contributed by atoms with Gasteiger partial charge in [0.15, 0.2) is 6.61 Å². The second-order valence-electron chi connectivity index (χ2n) is 6.32. The van der Waals surface area contributed by atoms with Crippen LogP contribution in [0.4, 0.5) is 5.69 Å². The van der Waals surface area contributed by atoms with Gasteiger partial charge in [0, 0.05) is 5.69 Å². The largest absolute Gasteiger partial charge is 0.494 e. The third-order valence-corrected chi connectivity index (χ3v) is 3.95. The Morgan fingerprint density at radius 3 is 2.30 bits per heavy atom. The lowest BCUT2D eigenvalue weighted by Gasteiger charge is -2.09. The van der Waals surface area contributed by atoms with Gasteiger partial charge in [0.2, 0.25) is 5.91 Å². The number of amides is 2. The van der Waals surface area contributed by atoms with Crippen molar-refractivity contribution in [3.05, 3.63) is 61.2 Å². The number of benzene rings is 2. The lowest BCUT2D eigenvalue weighted by Crippen LogP contribution is -2.35. The lowest BCUT2D eigenvalue weighted by atomic mass is 10.3. The second kappa shape index (κ2) is 10.6. The van der Waals surface area contributed by atoms with Gasteiger partial charge in [0.05, 0.1) is 18.8 Å². The smallest absolute Gasteiger partial charge is 0.258 e. The van der Waals surface area contributed by atoms with Crippen molar-refractivity contribution in [2.75, 3.05) is 25.1 Å². The van der Waals surface area contributed by atoms with Gasteiger partial charge in [-0.2, -0.15) is 5.10 Å². The number of nitrogens with zero attached hydrogens (tertiary/aromatic N) is 3. The Kier molecular flexibility index (Phi) is 7.37. The van der Waals surface area contributed by atoms with Crippen molar-refractivity contribution in [2.24, 2.45) is 0 Å². The average Bonchev–Trinajstić information content (AvgIpc) is 3.31. The second-order valence-corrected chi connectivity index (χ2v) is 6.32. The summed E-state index contributed by atoms with van der Waals surface area (Å²) in [5.41, 5.74) is 1.43. The van der Waals surface area contributed by atoms with Gasteiger partial charge in [-0.05, 0) is 55.0 Å². The van der Waals surface area contributed by atoms with Crippen molar-refractivity contribution < 1.29 is 19.1 Å². The molecule has 0 aliphatic rings. The van der Waals surface area contributed by atoms with Gasteiger partial charge in [0.25, 0.3) is 5.91 Å². The monoisotopic (exact) mass is 409 g/mol. The molecule has 0 saturated carbocycles. The van der Waals surface area contributed by atoms with Gasteiger partial charge in [-0.15, -0.1) is 0 Å². The van der Waals surface area contributed by atoms with E-state index in [1.807, 2.05) is 6.92 Å². The van der Waals surface area contributed by atoms with Crippen molar-refractivity contribution in [1.82, 2.24) is 20.1 Å². The standard InChI is InChI=1S/C21H23N5O4/c1-2-11-29-18-7-9-19(10-8-18)30-13-21(28)23-12-20(27)25-16-3-5-17(6-4-16)26-15-22-14-24-26/h3-10,14-15H,2,11-13H2,1H3,(H,23,28)(H,25,27). The maximum Gasteiger partial charge on any atom is 0.258 e. The first-order valence-corrected chi connectivity index (χ1v) is 9.51. The van der Waals surface area contributed by atoms with E-state index in [0.717, 1.165) is 17.9 Å². The van der Waals surface area contributed by atoms with Crippen LogP contribution in [0, 0.1) is 0 Å². The molecule has 0 bridgehead atoms. The highest BCUT2D eigenvalue weighted by Gasteiger charge is 2.07. The predicted molar refractivity (Wildman–Crippen MR) is 111 cm³/mol. The third kappa shape index (κ3) is 6.33. The highest BCUT2D eigenvalue weighted by molar-refractivity contribution is 5.94. The van der Waals surface area contributed by atoms with E-state index in [1.54, 1.807) is 59.5 Å². The minimum absolute atomic E-state index is 0.156. The van der Waals surface area contributed by atoms with Crippen LogP contribution >= 0.6 is 0 Å². The van der Waals surface area contributed by atoms with E-state index in [9.17, 15) is 9.59 Å². The van der Waals surface area contributed by atoms with Gasteiger partial charge < -0.3 is 20.1 Å². The van der Waals surface area contributed by atoms with Gasteiger partial charge >= 0.3 is 0 Å². The molecule has 0 spiro atoms. The molecule has 0 radical (unpaired) electrons. The fourth-order valence-electron chi connectivity index (χ4n) is 2.48. The van der Waals surface area contributed by atoms with E-state index in [1.165, 1.54) is 6.33 Å². The van der Waals surface area contributed by atoms with Crippen LogP contribution in [0.15, 0.2) is 61.2 Å². The molecule has 0 unspecified atom stereocenters. The fourth-order valence-corrected chi connectivity index (χ4v) is 2.48. The first-order chi connectivity index (χ1) is 14.6. The molecule has 2 N–H and O–H groups in total. The summed E-state index contributed by atoms with van der Waals surface area (Å²) in [5.74, 6) is 0.567. The zero-order chi connectivity index (χ0) is 21.2. The summed E-state index contributed by atoms with van der Waals surface area (Å²) in [6.07, 6.45) is 3.96. The Labute approximate surface area is 174 Å². The number of hydrogen-bond donors (Lipinski definition) is 2. The van der Waals surface area contributed by atoms with Crippen molar-refractivity contribution in [3.8, 4) is 17.2 Å². The average molecular weight is 409 g/mol. The van der Waals surface area contributed by atoms with Crippen LogP contribution in [0.25, 0.3) is 5.69 Å². The zero-order valence-electron chi connectivity index (χ0n) is 16.6. The molecule has 0 saturated heterocycles. The summed E-state index contributed by atoms with van der Waals surface area (Å²) < 4.78 is 12.5. The number of nitrogens with one attached hydrogen (secondary N) is 2. The predicted octanol–water partition coefficient (Wildman–Crippen LogP) is 2.19. The summed E-state index contributed by atoms with van der Waals surface area (Å²) >= 11 is 0. The van der Waals surface area contributed by atoms with Crippen molar-refractivity contribution in [2.45, 2.75) is 13.3 Å². The minimum atomic E-state index is -0.391. The topological polar surface area (TPSA) is 107 Å². The minimum Gasteiger partial charge on any atom is -0.494 e. The third-order valence-electron chi connectivity index (χ3n) is 3.95. The Hall–Kier alpha value is -3.88. The van der Waals surface area contributed by atoms with E-state index in [4.69, 9.17) is 9.47 Å². The molecule has 156 valence electrons. The molecule has 1 heterocycles. The van der Waals surface area contributed by atoms with Gasteiger partial charge in [0.1, 0.15) is 24.2 Å². The highest BCUT2D eigenvalue weighted by atomic mass is 16.5. The molecule has 2 amide bonds. The van der Waals surface area contributed by atoms with Crippen LogP contribution < -0.4 is 20.1 Å². The molecule has 0 aliphatic heterocycles. The van der Waals surface area contributed by atoms with E-state index < -0.39 is 5.91 Å². The van der Waals surface area contributed by atoms with Gasteiger partial charge in [-0.25, -0.2) is 9.67 Å². The van der Waals surface area contributed by atoms with E-state index in [2.05, 4.69) is 20.7 Å². The first kappa shape index (κ1) is 20.8. The molecular weight excluding hydrogens is 386 g/mol.